The van der Waals surface area contributed by atoms with Gasteiger partial charge in [0.25, 0.3) is 0 Å². The average Bonchev–Trinajstić information content (AvgIpc) is 2.75. The van der Waals surface area contributed by atoms with E-state index in [-0.39, 0.29) is 34.3 Å². The van der Waals surface area contributed by atoms with Gasteiger partial charge in [0.15, 0.2) is 0 Å². The Morgan fingerprint density at radius 1 is 1.12 bits per heavy atom. The summed E-state index contributed by atoms with van der Waals surface area (Å²) in [5.41, 5.74) is 1.58. The van der Waals surface area contributed by atoms with E-state index in [0.717, 1.165) is 21.9 Å². The summed E-state index contributed by atoms with van der Waals surface area (Å²) in [5.74, 6) is -1.83. The zero-order valence-corrected chi connectivity index (χ0v) is 19.8. The minimum atomic E-state index is -4.27. The molecule has 0 radical (unpaired) electrons. The lowest BCUT2D eigenvalue weighted by molar-refractivity contribution is -0.142. The summed E-state index contributed by atoms with van der Waals surface area (Å²) in [4.78, 5) is 24.6. The Morgan fingerprint density at radius 2 is 1.75 bits per heavy atom. The molecule has 0 bridgehead atoms. The molecular formula is C22H24Cl2N2O5S. The van der Waals surface area contributed by atoms with Crippen molar-refractivity contribution in [3.63, 3.8) is 0 Å². The van der Waals surface area contributed by atoms with Crippen molar-refractivity contribution in [2.45, 2.75) is 56.1 Å². The number of amides is 1. The van der Waals surface area contributed by atoms with Gasteiger partial charge in [0.1, 0.15) is 17.0 Å². The van der Waals surface area contributed by atoms with Crippen LogP contribution in [0.5, 0.6) is 0 Å². The molecule has 3 rings (SSSR count). The van der Waals surface area contributed by atoms with Gasteiger partial charge in [-0.2, -0.15) is 4.31 Å². The first-order valence-electron chi connectivity index (χ1n) is 10.2. The lowest BCUT2D eigenvalue weighted by Crippen LogP contribution is -2.55. The Balaban J connectivity index is 2.02. The molecule has 2 atom stereocenters. The highest BCUT2D eigenvalue weighted by Crippen LogP contribution is 2.35. The second-order valence-corrected chi connectivity index (χ2v) is 10.3. The average molecular weight is 499 g/mol. The first kappa shape index (κ1) is 24.5. The quantitative estimate of drug-likeness (QED) is 0.574. The SMILES string of the molecule is CCCCC(NC(=O)[C@@H]1Cc2ccccc2CN1S(=O)(=O)c1c(Cl)cccc1Cl)C(=O)O. The van der Waals surface area contributed by atoms with Crippen LogP contribution in [0, 0.1) is 0 Å². The van der Waals surface area contributed by atoms with Crippen LogP contribution in [0.15, 0.2) is 47.4 Å². The number of hydrogen-bond donors (Lipinski definition) is 2. The molecule has 1 aliphatic heterocycles. The fraction of sp³-hybridized carbons (Fsp3) is 0.364. The first-order chi connectivity index (χ1) is 15.2. The van der Waals surface area contributed by atoms with Crippen LogP contribution in [0.25, 0.3) is 0 Å². The maximum absolute atomic E-state index is 13.6. The van der Waals surface area contributed by atoms with E-state index in [4.69, 9.17) is 23.2 Å². The molecule has 172 valence electrons. The van der Waals surface area contributed by atoms with Gasteiger partial charge in [-0.3, -0.25) is 4.79 Å². The second kappa shape index (κ2) is 10.2. The van der Waals surface area contributed by atoms with Gasteiger partial charge >= 0.3 is 5.97 Å². The third-order valence-electron chi connectivity index (χ3n) is 5.45. The van der Waals surface area contributed by atoms with E-state index in [9.17, 15) is 23.1 Å². The van der Waals surface area contributed by atoms with E-state index in [2.05, 4.69) is 5.32 Å². The first-order valence-corrected chi connectivity index (χ1v) is 12.4. The van der Waals surface area contributed by atoms with Gasteiger partial charge in [0.05, 0.1) is 10.0 Å². The minimum absolute atomic E-state index is 0.0538. The summed E-state index contributed by atoms with van der Waals surface area (Å²) in [5, 5.41) is 11.9. The van der Waals surface area contributed by atoms with E-state index in [1.165, 1.54) is 18.2 Å². The molecule has 1 unspecified atom stereocenters. The molecule has 32 heavy (non-hydrogen) atoms. The van der Waals surface area contributed by atoms with Crippen molar-refractivity contribution in [2.75, 3.05) is 0 Å². The van der Waals surface area contributed by atoms with Crippen molar-refractivity contribution in [2.24, 2.45) is 0 Å². The normalized spacial score (nSPS) is 17.4. The van der Waals surface area contributed by atoms with E-state index < -0.39 is 34.0 Å². The summed E-state index contributed by atoms with van der Waals surface area (Å²) in [6.07, 6.45) is 1.73. The van der Waals surface area contributed by atoms with Crippen LogP contribution in [0.3, 0.4) is 0 Å². The Hall–Kier alpha value is -2.13. The number of nitrogens with one attached hydrogen (secondary N) is 1. The van der Waals surface area contributed by atoms with E-state index >= 15 is 0 Å². The molecule has 0 fully saturated rings. The molecule has 0 aromatic heterocycles. The number of halogens is 2. The zero-order valence-electron chi connectivity index (χ0n) is 17.4. The standard InChI is InChI=1S/C22H24Cl2N2O5S/c1-2-3-11-18(22(28)29)25-21(27)19-12-14-7-4-5-8-15(14)13-26(19)32(30,31)20-16(23)9-6-10-17(20)24/h4-10,18-19H,2-3,11-13H2,1H3,(H,25,27)(H,28,29)/t18?,19-/m0/s1. The van der Waals surface area contributed by atoms with Gasteiger partial charge in [-0.25, -0.2) is 13.2 Å². The van der Waals surface area contributed by atoms with Crippen LogP contribution in [0.1, 0.15) is 37.3 Å². The summed E-state index contributed by atoms with van der Waals surface area (Å²) < 4.78 is 28.3. The number of benzene rings is 2. The number of aliphatic carboxylic acids is 1. The molecule has 1 heterocycles. The van der Waals surface area contributed by atoms with E-state index in [0.29, 0.717) is 6.42 Å². The molecular weight excluding hydrogens is 475 g/mol. The smallest absolute Gasteiger partial charge is 0.326 e. The molecule has 2 aromatic rings. The number of carbonyl (C=O) groups excluding carboxylic acids is 1. The topological polar surface area (TPSA) is 104 Å². The number of sulfonamides is 1. The molecule has 0 spiro atoms. The number of carboxylic acid groups (broad SMARTS) is 1. The van der Waals surface area contributed by atoms with Gasteiger partial charge in [0, 0.05) is 6.54 Å². The van der Waals surface area contributed by atoms with Gasteiger partial charge in [-0.15, -0.1) is 0 Å². The largest absolute Gasteiger partial charge is 0.480 e. The fourth-order valence-electron chi connectivity index (χ4n) is 3.75. The van der Waals surface area contributed by atoms with Gasteiger partial charge in [0.2, 0.25) is 15.9 Å². The third-order valence-corrected chi connectivity index (χ3v) is 8.27. The molecule has 7 nitrogen and oxygen atoms in total. The molecule has 10 heteroatoms. The number of fused-ring (bicyclic) bond motifs is 1. The highest BCUT2D eigenvalue weighted by molar-refractivity contribution is 7.89. The van der Waals surface area contributed by atoms with Crippen molar-refractivity contribution < 1.29 is 23.1 Å². The number of hydrogen-bond acceptors (Lipinski definition) is 4. The number of rotatable bonds is 8. The Bertz CT molecular complexity index is 1100. The second-order valence-electron chi connectivity index (χ2n) is 7.63. The van der Waals surface area contributed by atoms with Crippen molar-refractivity contribution >= 4 is 45.1 Å². The maximum Gasteiger partial charge on any atom is 0.326 e. The molecule has 1 amide bonds. The van der Waals surface area contributed by atoms with Crippen LogP contribution >= 0.6 is 23.2 Å². The fourth-order valence-corrected chi connectivity index (χ4v) is 6.42. The van der Waals surface area contributed by atoms with Crippen molar-refractivity contribution in [3.8, 4) is 0 Å². The lowest BCUT2D eigenvalue weighted by atomic mass is 9.95. The Morgan fingerprint density at radius 3 is 2.34 bits per heavy atom. The van der Waals surface area contributed by atoms with Crippen LogP contribution in [-0.2, 0) is 32.6 Å². The lowest BCUT2D eigenvalue weighted by Gasteiger charge is -2.35. The monoisotopic (exact) mass is 498 g/mol. The van der Waals surface area contributed by atoms with Crippen molar-refractivity contribution in [1.29, 1.82) is 0 Å². The maximum atomic E-state index is 13.6. The predicted molar refractivity (Wildman–Crippen MR) is 122 cm³/mol. The molecule has 2 aromatic carbocycles. The summed E-state index contributed by atoms with van der Waals surface area (Å²) >= 11 is 12.4. The van der Waals surface area contributed by atoms with E-state index in [1.54, 1.807) is 12.1 Å². The summed E-state index contributed by atoms with van der Waals surface area (Å²) in [6, 6.07) is 9.33. The predicted octanol–water partition coefficient (Wildman–Crippen LogP) is 3.87. The summed E-state index contributed by atoms with van der Waals surface area (Å²) in [6.45, 7) is 1.85. The number of carboxylic acids is 1. The van der Waals surface area contributed by atoms with Crippen LogP contribution in [0.4, 0.5) is 0 Å². The molecule has 2 N–H and O–H groups in total. The highest BCUT2D eigenvalue weighted by atomic mass is 35.5. The zero-order chi connectivity index (χ0) is 23.5. The van der Waals surface area contributed by atoms with E-state index in [1.807, 2.05) is 19.1 Å². The highest BCUT2D eigenvalue weighted by Gasteiger charge is 2.42. The Labute approximate surface area is 197 Å². The van der Waals surface area contributed by atoms with Crippen LogP contribution in [0.2, 0.25) is 10.0 Å². The Kier molecular flexibility index (Phi) is 7.82. The number of carbonyl (C=O) groups is 2. The van der Waals surface area contributed by atoms with Gasteiger partial charge in [-0.05, 0) is 36.1 Å². The molecule has 1 aliphatic rings. The van der Waals surface area contributed by atoms with Crippen LogP contribution < -0.4 is 5.32 Å². The molecule has 0 saturated heterocycles. The number of nitrogens with zero attached hydrogens (tertiary/aromatic N) is 1. The van der Waals surface area contributed by atoms with Gasteiger partial charge < -0.3 is 10.4 Å². The van der Waals surface area contributed by atoms with Crippen molar-refractivity contribution in [3.05, 3.63) is 63.6 Å². The number of unbranched alkanes of at least 4 members (excludes halogenated alkanes) is 1. The van der Waals surface area contributed by atoms with Crippen LogP contribution in [-0.4, -0.2) is 41.8 Å². The minimum Gasteiger partial charge on any atom is -0.480 e. The van der Waals surface area contributed by atoms with Crippen molar-refractivity contribution in [1.82, 2.24) is 9.62 Å². The van der Waals surface area contributed by atoms with Gasteiger partial charge in [-0.1, -0.05) is 73.3 Å². The third kappa shape index (κ3) is 5.09. The summed E-state index contributed by atoms with van der Waals surface area (Å²) in [7, 11) is -4.27. The molecule has 0 aliphatic carbocycles. The molecule has 0 saturated carbocycles.